The van der Waals surface area contributed by atoms with Crippen molar-refractivity contribution in [3.63, 3.8) is 0 Å². The molecular weight excluding hydrogens is 585 g/mol. The Morgan fingerprint density at radius 2 is 1.89 bits per heavy atom. The normalized spacial score (nSPS) is 17.3. The van der Waals surface area contributed by atoms with Gasteiger partial charge in [-0.05, 0) is 75.7 Å². The Hall–Kier alpha value is -4.71. The van der Waals surface area contributed by atoms with E-state index in [1.54, 1.807) is 64.1 Å². The molecule has 0 aliphatic carbocycles. The summed E-state index contributed by atoms with van der Waals surface area (Å²) >= 11 is 0. The number of carbonyl (C=O) groups is 3. The van der Waals surface area contributed by atoms with Gasteiger partial charge in [0, 0.05) is 29.5 Å². The molecule has 3 aromatic rings. The van der Waals surface area contributed by atoms with E-state index in [2.05, 4.69) is 10.3 Å². The van der Waals surface area contributed by atoms with Gasteiger partial charge in [0.05, 0.1) is 12.8 Å². The van der Waals surface area contributed by atoms with Gasteiger partial charge in [0.2, 0.25) is 0 Å². The zero-order chi connectivity index (χ0) is 32.9. The first-order valence-corrected chi connectivity index (χ1v) is 14.5. The summed E-state index contributed by atoms with van der Waals surface area (Å²) < 4.78 is 36.0. The molecule has 3 atom stereocenters. The van der Waals surface area contributed by atoms with Crippen LogP contribution in [0.2, 0.25) is 0 Å². The maximum Gasteiger partial charge on any atom is 0.312 e. The summed E-state index contributed by atoms with van der Waals surface area (Å²) in [5.74, 6) is 0.0653. The molecule has 0 unspecified atom stereocenters. The molecule has 0 spiro atoms. The van der Waals surface area contributed by atoms with Crippen molar-refractivity contribution in [1.82, 2.24) is 10.3 Å². The third-order valence-electron chi connectivity index (χ3n) is 7.56. The number of fused-ring (bicyclic) bond motifs is 1. The van der Waals surface area contributed by atoms with Crippen LogP contribution in [0.15, 0.2) is 48.5 Å². The number of ketones is 1. The van der Waals surface area contributed by atoms with E-state index in [0.717, 1.165) is 0 Å². The van der Waals surface area contributed by atoms with Crippen molar-refractivity contribution in [2.45, 2.75) is 64.2 Å². The van der Waals surface area contributed by atoms with Gasteiger partial charge >= 0.3 is 12.0 Å². The van der Waals surface area contributed by atoms with Crippen LogP contribution in [0, 0.1) is 5.82 Å². The predicted octanol–water partition coefficient (Wildman–Crippen LogP) is 4.76. The minimum Gasteiger partial charge on any atom is -0.493 e. The summed E-state index contributed by atoms with van der Waals surface area (Å²) in [5, 5.41) is 14.3. The summed E-state index contributed by atoms with van der Waals surface area (Å²) in [6, 6.07) is 11.3. The summed E-state index contributed by atoms with van der Waals surface area (Å²) in [7, 11) is 1.45. The number of nitrogens with zero attached hydrogens (tertiary/aromatic N) is 1. The van der Waals surface area contributed by atoms with Crippen molar-refractivity contribution in [2.24, 2.45) is 5.73 Å². The van der Waals surface area contributed by atoms with Crippen LogP contribution in [0.3, 0.4) is 0 Å². The molecule has 11 nitrogen and oxygen atoms in total. The maximum atomic E-state index is 13.7. The highest BCUT2D eigenvalue weighted by atomic mass is 19.1. The van der Waals surface area contributed by atoms with E-state index in [4.69, 9.17) is 24.7 Å². The molecule has 12 heteroatoms. The lowest BCUT2D eigenvalue weighted by molar-refractivity contribution is -0.149. The molecular formula is C33H38FN3O8. The number of rotatable bonds is 13. The summed E-state index contributed by atoms with van der Waals surface area (Å²) in [6.07, 6.45) is -0.256. The Morgan fingerprint density at radius 1 is 1.18 bits per heavy atom. The first kappa shape index (κ1) is 33.2. The second-order valence-electron chi connectivity index (χ2n) is 11.4. The number of pyridine rings is 1. The SMILES string of the molecule is CCC(=O)O[C@H](C)COc1ccc(C(=O)CC[C@@](C)(O)c2cc3c(c(-c4ccc(F)cc4)n2)OC[C@@]3(C)NC(N)=O)cc1OC. The smallest absolute Gasteiger partial charge is 0.312 e. The second-order valence-corrected chi connectivity index (χ2v) is 11.4. The van der Waals surface area contributed by atoms with E-state index in [-0.39, 0.29) is 49.9 Å². The molecule has 240 valence electrons. The van der Waals surface area contributed by atoms with Gasteiger partial charge in [-0.2, -0.15) is 0 Å². The molecule has 2 heterocycles. The van der Waals surface area contributed by atoms with Gasteiger partial charge in [-0.3, -0.25) is 9.59 Å². The second kappa shape index (κ2) is 13.5. The number of carbonyl (C=O) groups excluding carboxylic acids is 3. The number of nitrogens with one attached hydrogen (secondary N) is 1. The fourth-order valence-corrected chi connectivity index (χ4v) is 4.98. The van der Waals surface area contributed by atoms with Gasteiger partial charge in [0.15, 0.2) is 23.0 Å². The fourth-order valence-electron chi connectivity index (χ4n) is 4.98. The van der Waals surface area contributed by atoms with E-state index >= 15 is 0 Å². The molecule has 0 radical (unpaired) electrons. The number of halogens is 1. The number of methoxy groups -OCH3 is 1. The molecule has 1 aliphatic rings. The number of urea groups is 1. The van der Waals surface area contributed by atoms with E-state index in [1.165, 1.54) is 19.2 Å². The van der Waals surface area contributed by atoms with Gasteiger partial charge in [-0.15, -0.1) is 0 Å². The number of nitrogens with two attached hydrogens (primary N) is 1. The number of Topliss-reactive ketones (excluding diaryl/α,β-unsaturated/α-hetero) is 1. The van der Waals surface area contributed by atoms with Crippen molar-refractivity contribution >= 4 is 17.8 Å². The standard InChI is InChI=1S/C33H38FN3O8/c1-6-28(39)45-19(2)17-43-25-12-9-21(15-26(25)42-5)24(38)13-14-33(4,41)27-16-23-30(44-18-32(23,3)37-31(35)40)29(36-27)20-7-10-22(34)11-8-20/h7-12,15-16,19,41H,6,13-14,17-18H2,1-5H3,(H3,35,37,40)/t19-,32-,33-/m1/s1. The Labute approximate surface area is 260 Å². The Kier molecular flexibility index (Phi) is 9.97. The van der Waals surface area contributed by atoms with Gasteiger partial charge < -0.3 is 35.1 Å². The first-order valence-electron chi connectivity index (χ1n) is 14.5. The summed E-state index contributed by atoms with van der Waals surface area (Å²) in [5.41, 5.74) is 4.84. The predicted molar refractivity (Wildman–Crippen MR) is 163 cm³/mol. The molecule has 0 saturated carbocycles. The zero-order valence-electron chi connectivity index (χ0n) is 25.9. The molecule has 2 aromatic carbocycles. The number of aliphatic hydroxyl groups is 1. The van der Waals surface area contributed by atoms with E-state index in [9.17, 15) is 23.9 Å². The van der Waals surface area contributed by atoms with Gasteiger partial charge in [-0.1, -0.05) is 6.92 Å². The number of hydrogen-bond acceptors (Lipinski definition) is 9. The minimum absolute atomic E-state index is 0.00216. The molecule has 1 aliphatic heterocycles. The average molecular weight is 624 g/mol. The maximum absolute atomic E-state index is 13.7. The van der Waals surface area contributed by atoms with Crippen LogP contribution in [-0.4, -0.2) is 54.3 Å². The lowest BCUT2D eigenvalue weighted by Crippen LogP contribution is -2.47. The third-order valence-corrected chi connectivity index (χ3v) is 7.56. The summed E-state index contributed by atoms with van der Waals surface area (Å²) in [4.78, 5) is 41.3. The monoisotopic (exact) mass is 623 g/mol. The molecule has 1 aromatic heterocycles. The lowest BCUT2D eigenvalue weighted by atomic mass is 9.87. The molecule has 4 rings (SSSR count). The molecule has 2 amide bonds. The van der Waals surface area contributed by atoms with Crippen LogP contribution in [0.5, 0.6) is 17.2 Å². The van der Waals surface area contributed by atoms with Crippen LogP contribution in [0.4, 0.5) is 9.18 Å². The van der Waals surface area contributed by atoms with Gasteiger partial charge in [0.1, 0.15) is 42.0 Å². The first-order chi connectivity index (χ1) is 21.3. The fraction of sp³-hybridized carbons (Fsp3) is 0.394. The van der Waals surface area contributed by atoms with Gasteiger partial charge in [0.25, 0.3) is 0 Å². The van der Waals surface area contributed by atoms with E-state index in [0.29, 0.717) is 39.6 Å². The quantitative estimate of drug-likeness (QED) is 0.180. The van der Waals surface area contributed by atoms with E-state index < -0.39 is 29.1 Å². The Balaban J connectivity index is 1.55. The van der Waals surface area contributed by atoms with Gasteiger partial charge in [-0.25, -0.2) is 14.2 Å². The number of aromatic nitrogens is 1. The molecule has 0 saturated heterocycles. The average Bonchev–Trinajstić information content (AvgIpc) is 3.33. The van der Waals surface area contributed by atoms with E-state index in [1.807, 2.05) is 0 Å². The molecule has 0 bridgehead atoms. The highest BCUT2D eigenvalue weighted by molar-refractivity contribution is 5.96. The van der Waals surface area contributed by atoms with Crippen LogP contribution in [0.1, 0.15) is 68.6 Å². The third kappa shape index (κ3) is 7.69. The van der Waals surface area contributed by atoms with Crippen molar-refractivity contribution in [2.75, 3.05) is 20.3 Å². The molecule has 45 heavy (non-hydrogen) atoms. The summed E-state index contributed by atoms with van der Waals surface area (Å²) in [6.45, 7) is 6.86. The van der Waals surface area contributed by atoms with Crippen LogP contribution in [0.25, 0.3) is 11.3 Å². The number of ether oxygens (including phenoxy) is 4. The van der Waals surface area contributed by atoms with Crippen molar-refractivity contribution in [1.29, 1.82) is 0 Å². The Bertz CT molecular complexity index is 1580. The number of amides is 2. The minimum atomic E-state index is -1.59. The lowest BCUT2D eigenvalue weighted by Gasteiger charge is -2.27. The zero-order valence-corrected chi connectivity index (χ0v) is 25.9. The van der Waals surface area contributed by atoms with Crippen molar-refractivity contribution < 1.29 is 42.8 Å². The largest absolute Gasteiger partial charge is 0.493 e. The van der Waals surface area contributed by atoms with Crippen LogP contribution >= 0.6 is 0 Å². The highest BCUT2D eigenvalue weighted by Gasteiger charge is 2.41. The number of esters is 1. The van der Waals surface area contributed by atoms with Crippen molar-refractivity contribution in [3.05, 3.63) is 71.2 Å². The number of benzene rings is 2. The van der Waals surface area contributed by atoms with Crippen LogP contribution in [-0.2, 0) is 20.7 Å². The molecule has 0 fully saturated rings. The Morgan fingerprint density at radius 3 is 2.53 bits per heavy atom. The number of primary amides is 1. The van der Waals surface area contributed by atoms with Crippen LogP contribution < -0.4 is 25.3 Å². The van der Waals surface area contributed by atoms with Crippen molar-refractivity contribution in [3.8, 4) is 28.5 Å². The topological polar surface area (TPSA) is 159 Å². The molecule has 4 N–H and O–H groups in total. The highest BCUT2D eigenvalue weighted by Crippen LogP contribution is 2.45. The number of hydrogen-bond donors (Lipinski definition) is 3.